The van der Waals surface area contributed by atoms with E-state index in [1.807, 2.05) is 0 Å². The van der Waals surface area contributed by atoms with Crippen molar-refractivity contribution in [1.82, 2.24) is 10.6 Å². The van der Waals surface area contributed by atoms with Crippen LogP contribution in [0.15, 0.2) is 11.8 Å². The molecule has 0 aromatic carbocycles. The quantitative estimate of drug-likeness (QED) is 0.708. The van der Waals surface area contributed by atoms with E-state index in [-0.39, 0.29) is 11.6 Å². The monoisotopic (exact) mass is 226 g/mol. The maximum Gasteiger partial charge on any atom is 0.412 e. The Hall–Kier alpha value is -1.52. The Morgan fingerprint density at radius 3 is 2.81 bits per heavy atom. The van der Waals surface area contributed by atoms with Gasteiger partial charge in [-0.05, 0) is 33.6 Å². The summed E-state index contributed by atoms with van der Waals surface area (Å²) in [6.45, 7) is 5.95. The molecule has 16 heavy (non-hydrogen) atoms. The van der Waals surface area contributed by atoms with Gasteiger partial charge in [0.25, 0.3) is 5.91 Å². The van der Waals surface area contributed by atoms with Gasteiger partial charge in [0.1, 0.15) is 11.3 Å². The van der Waals surface area contributed by atoms with Crippen molar-refractivity contribution in [3.8, 4) is 0 Å². The molecule has 0 saturated heterocycles. The lowest BCUT2D eigenvalue weighted by Crippen LogP contribution is -2.37. The largest absolute Gasteiger partial charge is 0.444 e. The number of rotatable bonds is 1. The van der Waals surface area contributed by atoms with Crippen LogP contribution in [-0.2, 0) is 9.53 Å². The summed E-state index contributed by atoms with van der Waals surface area (Å²) in [4.78, 5) is 22.9. The average molecular weight is 226 g/mol. The Labute approximate surface area is 95.2 Å². The van der Waals surface area contributed by atoms with E-state index in [9.17, 15) is 9.59 Å². The van der Waals surface area contributed by atoms with Crippen LogP contribution < -0.4 is 10.6 Å². The molecule has 1 rings (SSSR count). The van der Waals surface area contributed by atoms with Crippen LogP contribution in [0.4, 0.5) is 4.79 Å². The van der Waals surface area contributed by atoms with E-state index in [2.05, 4.69) is 10.6 Å². The molecule has 0 atom stereocenters. The van der Waals surface area contributed by atoms with Gasteiger partial charge in [-0.15, -0.1) is 0 Å². The summed E-state index contributed by atoms with van der Waals surface area (Å²) in [6.07, 6.45) is 2.76. The number of hydrogen-bond donors (Lipinski definition) is 2. The molecule has 0 aliphatic carbocycles. The van der Waals surface area contributed by atoms with Gasteiger partial charge in [0.15, 0.2) is 0 Å². The molecule has 0 aromatic heterocycles. The van der Waals surface area contributed by atoms with Crippen molar-refractivity contribution in [2.45, 2.75) is 39.2 Å². The second-order valence-corrected chi connectivity index (χ2v) is 4.64. The Kier molecular flexibility index (Phi) is 3.93. The zero-order valence-electron chi connectivity index (χ0n) is 9.92. The highest BCUT2D eigenvalue weighted by Crippen LogP contribution is 2.08. The molecule has 0 unspecified atom stereocenters. The van der Waals surface area contributed by atoms with Crippen molar-refractivity contribution in [3.63, 3.8) is 0 Å². The minimum atomic E-state index is -0.601. The molecular weight excluding hydrogens is 208 g/mol. The fraction of sp³-hybridized carbons (Fsp3) is 0.636. The van der Waals surface area contributed by atoms with Crippen LogP contribution in [0, 0.1) is 0 Å². The van der Waals surface area contributed by atoms with Crippen LogP contribution in [0.25, 0.3) is 0 Å². The Morgan fingerprint density at radius 1 is 1.50 bits per heavy atom. The fourth-order valence-electron chi connectivity index (χ4n) is 1.26. The summed E-state index contributed by atoms with van der Waals surface area (Å²) in [6, 6.07) is 0. The molecule has 0 spiro atoms. The number of carbonyl (C=O) groups excluding carboxylic acids is 2. The summed E-state index contributed by atoms with van der Waals surface area (Å²) >= 11 is 0. The number of amides is 2. The summed E-state index contributed by atoms with van der Waals surface area (Å²) in [5, 5.41) is 5.14. The summed E-state index contributed by atoms with van der Waals surface area (Å²) < 4.78 is 5.06. The first kappa shape index (κ1) is 12.5. The third kappa shape index (κ3) is 4.33. The van der Waals surface area contributed by atoms with Crippen LogP contribution >= 0.6 is 0 Å². The highest BCUT2D eigenvalue weighted by Gasteiger charge is 2.19. The van der Waals surface area contributed by atoms with Crippen LogP contribution in [-0.4, -0.2) is 24.1 Å². The van der Waals surface area contributed by atoms with Crippen molar-refractivity contribution in [2.75, 3.05) is 6.54 Å². The van der Waals surface area contributed by atoms with Crippen molar-refractivity contribution < 1.29 is 14.3 Å². The van der Waals surface area contributed by atoms with Crippen LogP contribution in [0.1, 0.15) is 33.6 Å². The molecule has 2 amide bonds. The number of allylic oxidation sites excluding steroid dienone is 1. The molecule has 0 aromatic rings. The first-order valence-corrected chi connectivity index (χ1v) is 5.37. The predicted molar refractivity (Wildman–Crippen MR) is 59.7 cm³/mol. The summed E-state index contributed by atoms with van der Waals surface area (Å²) in [5.74, 6) is -0.261. The van der Waals surface area contributed by atoms with Gasteiger partial charge in [-0.2, -0.15) is 0 Å². The van der Waals surface area contributed by atoms with Crippen molar-refractivity contribution in [2.24, 2.45) is 0 Å². The summed E-state index contributed by atoms with van der Waals surface area (Å²) in [5.41, 5.74) is -0.294. The number of ether oxygens (including phenoxy) is 1. The van der Waals surface area contributed by atoms with E-state index in [0.717, 1.165) is 12.8 Å². The van der Waals surface area contributed by atoms with Crippen molar-refractivity contribution in [1.29, 1.82) is 0 Å². The molecule has 5 heteroatoms. The highest BCUT2D eigenvalue weighted by atomic mass is 16.6. The Bertz CT molecular complexity index is 316. The lowest BCUT2D eigenvalue weighted by atomic mass is 10.2. The van der Waals surface area contributed by atoms with E-state index < -0.39 is 11.7 Å². The fourth-order valence-corrected chi connectivity index (χ4v) is 1.26. The first-order chi connectivity index (χ1) is 7.38. The molecule has 0 bridgehead atoms. The lowest BCUT2D eigenvalue weighted by molar-refractivity contribution is -0.117. The lowest BCUT2D eigenvalue weighted by Gasteiger charge is -2.20. The average Bonchev–Trinajstić information content (AvgIpc) is 2.29. The maximum absolute atomic E-state index is 11.5. The van der Waals surface area contributed by atoms with Gasteiger partial charge in [0.05, 0.1) is 0 Å². The molecular formula is C11H18N2O3. The van der Waals surface area contributed by atoms with Gasteiger partial charge < -0.3 is 10.1 Å². The smallest absolute Gasteiger partial charge is 0.412 e. The van der Waals surface area contributed by atoms with E-state index in [1.165, 1.54) is 0 Å². The zero-order chi connectivity index (χ0) is 12.2. The second kappa shape index (κ2) is 5.01. The molecule has 1 aliphatic heterocycles. The van der Waals surface area contributed by atoms with Crippen LogP contribution in [0.2, 0.25) is 0 Å². The van der Waals surface area contributed by atoms with Crippen molar-refractivity contribution in [3.05, 3.63) is 11.8 Å². The number of carbonyl (C=O) groups is 2. The molecule has 0 saturated carbocycles. The third-order valence-electron chi connectivity index (χ3n) is 1.90. The number of nitrogens with one attached hydrogen (secondary N) is 2. The van der Waals surface area contributed by atoms with E-state index in [0.29, 0.717) is 6.54 Å². The van der Waals surface area contributed by atoms with Gasteiger partial charge in [-0.25, -0.2) is 4.79 Å². The van der Waals surface area contributed by atoms with Crippen LogP contribution in [0.5, 0.6) is 0 Å². The highest BCUT2D eigenvalue weighted by molar-refractivity contribution is 5.96. The van der Waals surface area contributed by atoms with E-state index in [1.54, 1.807) is 26.8 Å². The van der Waals surface area contributed by atoms with Gasteiger partial charge >= 0.3 is 6.09 Å². The minimum Gasteiger partial charge on any atom is -0.444 e. The van der Waals surface area contributed by atoms with Gasteiger partial charge in [0.2, 0.25) is 0 Å². The number of hydrogen-bond acceptors (Lipinski definition) is 3. The molecule has 1 aliphatic rings. The maximum atomic E-state index is 11.5. The Morgan fingerprint density at radius 2 is 2.19 bits per heavy atom. The second-order valence-electron chi connectivity index (χ2n) is 4.64. The molecule has 90 valence electrons. The SMILES string of the molecule is CC(C)(C)OC(=O)NC1=CCCCNC1=O. The predicted octanol–water partition coefficient (Wildman–Crippen LogP) is 1.30. The van der Waals surface area contributed by atoms with Crippen molar-refractivity contribution >= 4 is 12.0 Å². The first-order valence-electron chi connectivity index (χ1n) is 5.37. The Balaban J connectivity index is 2.55. The number of alkyl carbamates (subject to hydrolysis) is 1. The molecule has 0 radical (unpaired) electrons. The minimum absolute atomic E-state index is 0.261. The van der Waals surface area contributed by atoms with E-state index >= 15 is 0 Å². The van der Waals surface area contributed by atoms with E-state index in [4.69, 9.17) is 4.74 Å². The molecule has 2 N–H and O–H groups in total. The molecule has 5 nitrogen and oxygen atoms in total. The molecule has 1 heterocycles. The van der Waals surface area contributed by atoms with Gasteiger partial charge in [-0.1, -0.05) is 6.08 Å². The topological polar surface area (TPSA) is 67.4 Å². The molecule has 0 fully saturated rings. The normalized spacial score (nSPS) is 16.9. The standard InChI is InChI=1S/C11H18N2O3/c1-11(2,3)16-10(15)13-8-6-4-5-7-12-9(8)14/h6H,4-5,7H2,1-3H3,(H,12,14)(H,13,15). The summed E-state index contributed by atoms with van der Waals surface area (Å²) in [7, 11) is 0. The van der Waals surface area contributed by atoms with Gasteiger partial charge in [-0.3, -0.25) is 10.1 Å². The third-order valence-corrected chi connectivity index (χ3v) is 1.90. The van der Waals surface area contributed by atoms with Crippen LogP contribution in [0.3, 0.4) is 0 Å². The van der Waals surface area contributed by atoms with Gasteiger partial charge in [0, 0.05) is 6.54 Å². The zero-order valence-corrected chi connectivity index (χ0v) is 9.92.